The zero-order chi connectivity index (χ0) is 18.0. The fraction of sp³-hybridized carbons (Fsp3) is 0.474. The van der Waals surface area contributed by atoms with Crippen molar-refractivity contribution in [3.8, 4) is 22.1 Å². The average molecular weight is 360 g/mol. The first-order valence-electron chi connectivity index (χ1n) is 8.51. The average Bonchev–Trinajstić information content (AvgIpc) is 3.31. The molecule has 0 unspecified atom stereocenters. The number of carbonyl (C=O) groups excluding carboxylic acids is 1. The van der Waals surface area contributed by atoms with Crippen LogP contribution in [0, 0.1) is 0 Å². The van der Waals surface area contributed by atoms with E-state index in [1.807, 2.05) is 28.5 Å². The number of hydrogen-bond donors (Lipinski definition) is 0. The van der Waals surface area contributed by atoms with Crippen molar-refractivity contribution in [3.05, 3.63) is 29.3 Å². The second-order valence-electron chi connectivity index (χ2n) is 6.52. The Morgan fingerprint density at radius 3 is 2.60 bits per heavy atom. The van der Waals surface area contributed by atoms with Gasteiger partial charge in [0.1, 0.15) is 5.01 Å². The first kappa shape index (κ1) is 17.7. The third-order valence-electron chi connectivity index (χ3n) is 4.30. The Balaban J connectivity index is 1.75. The Kier molecular flexibility index (Phi) is 5.27. The van der Waals surface area contributed by atoms with Crippen LogP contribution in [0.5, 0.6) is 11.5 Å². The van der Waals surface area contributed by atoms with Gasteiger partial charge < -0.3 is 14.4 Å². The zero-order valence-electron chi connectivity index (χ0n) is 15.1. The fourth-order valence-electron chi connectivity index (χ4n) is 3.00. The molecule has 0 atom stereocenters. The zero-order valence-corrected chi connectivity index (χ0v) is 15.9. The predicted octanol–water partition coefficient (Wildman–Crippen LogP) is 3.77. The highest BCUT2D eigenvalue weighted by atomic mass is 32.1. The van der Waals surface area contributed by atoms with Gasteiger partial charge in [0.15, 0.2) is 11.5 Å². The molecule has 1 aliphatic rings. The van der Waals surface area contributed by atoms with Crippen molar-refractivity contribution in [2.75, 3.05) is 14.2 Å². The van der Waals surface area contributed by atoms with Crippen molar-refractivity contribution < 1.29 is 14.3 Å². The minimum atomic E-state index is 0.168. The largest absolute Gasteiger partial charge is 0.493 e. The SMILES string of the molecule is COc1ccc(-c2nc(CC(=O)N(C(C)C)C3CC3)cs2)cc1OC. The van der Waals surface area contributed by atoms with Gasteiger partial charge in [-0.15, -0.1) is 11.3 Å². The van der Waals surface area contributed by atoms with E-state index in [4.69, 9.17) is 9.47 Å². The summed E-state index contributed by atoms with van der Waals surface area (Å²) in [6.07, 6.45) is 2.61. The molecule has 1 aliphatic carbocycles. The summed E-state index contributed by atoms with van der Waals surface area (Å²) in [5.74, 6) is 1.53. The molecule has 5 nitrogen and oxygen atoms in total. The van der Waals surface area contributed by atoms with Gasteiger partial charge in [-0.25, -0.2) is 4.98 Å². The molecule has 0 N–H and O–H groups in total. The number of thiazole rings is 1. The maximum Gasteiger partial charge on any atom is 0.229 e. The molecular formula is C19H24N2O3S. The van der Waals surface area contributed by atoms with Crippen molar-refractivity contribution in [2.45, 2.75) is 45.2 Å². The number of carbonyl (C=O) groups is 1. The summed E-state index contributed by atoms with van der Waals surface area (Å²) < 4.78 is 10.6. The van der Waals surface area contributed by atoms with Gasteiger partial charge in [-0.3, -0.25) is 4.79 Å². The van der Waals surface area contributed by atoms with E-state index in [0.717, 1.165) is 29.1 Å². The van der Waals surface area contributed by atoms with Gasteiger partial charge in [0.2, 0.25) is 5.91 Å². The number of ether oxygens (including phenoxy) is 2. The summed E-state index contributed by atoms with van der Waals surface area (Å²) >= 11 is 1.54. The highest BCUT2D eigenvalue weighted by molar-refractivity contribution is 7.13. The van der Waals surface area contributed by atoms with Gasteiger partial charge in [0.05, 0.1) is 26.3 Å². The number of hydrogen-bond acceptors (Lipinski definition) is 5. The number of nitrogens with zero attached hydrogens (tertiary/aromatic N) is 2. The lowest BCUT2D eigenvalue weighted by Gasteiger charge is -2.26. The quantitative estimate of drug-likeness (QED) is 0.754. The van der Waals surface area contributed by atoms with Gasteiger partial charge in [-0.2, -0.15) is 0 Å². The molecule has 25 heavy (non-hydrogen) atoms. The Hall–Kier alpha value is -2.08. The second-order valence-corrected chi connectivity index (χ2v) is 7.37. The summed E-state index contributed by atoms with van der Waals surface area (Å²) in [7, 11) is 3.23. The van der Waals surface area contributed by atoms with Crippen LogP contribution < -0.4 is 9.47 Å². The molecule has 0 bridgehead atoms. The van der Waals surface area contributed by atoms with Gasteiger partial charge >= 0.3 is 0 Å². The smallest absolute Gasteiger partial charge is 0.229 e. The maximum absolute atomic E-state index is 12.6. The highest BCUT2D eigenvalue weighted by Crippen LogP contribution is 2.34. The Morgan fingerprint density at radius 2 is 2.00 bits per heavy atom. The van der Waals surface area contributed by atoms with Crippen molar-refractivity contribution in [2.24, 2.45) is 0 Å². The minimum Gasteiger partial charge on any atom is -0.493 e. The molecule has 1 amide bonds. The van der Waals surface area contributed by atoms with Crippen LogP contribution in [0.25, 0.3) is 10.6 Å². The molecule has 0 radical (unpaired) electrons. The van der Waals surface area contributed by atoms with Crippen LogP contribution in [0.3, 0.4) is 0 Å². The molecule has 1 fully saturated rings. The lowest BCUT2D eigenvalue weighted by Crippen LogP contribution is -2.39. The van der Waals surface area contributed by atoms with Gasteiger partial charge in [-0.1, -0.05) is 0 Å². The number of aromatic nitrogens is 1. The molecule has 134 valence electrons. The molecule has 0 aliphatic heterocycles. The highest BCUT2D eigenvalue weighted by Gasteiger charge is 2.34. The van der Waals surface area contributed by atoms with Gasteiger partial charge in [-0.05, 0) is 44.9 Å². The van der Waals surface area contributed by atoms with Crippen LogP contribution in [0.15, 0.2) is 23.6 Å². The number of amides is 1. The fourth-order valence-corrected chi connectivity index (χ4v) is 3.82. The van der Waals surface area contributed by atoms with E-state index in [9.17, 15) is 4.79 Å². The van der Waals surface area contributed by atoms with E-state index in [-0.39, 0.29) is 11.9 Å². The van der Waals surface area contributed by atoms with Crippen LogP contribution in [0.2, 0.25) is 0 Å². The normalized spacial score (nSPS) is 13.8. The standard InChI is InChI=1S/C19H24N2O3S/c1-12(2)21(15-6-7-15)18(22)10-14-11-25-19(20-14)13-5-8-16(23-3)17(9-13)24-4/h5,8-9,11-12,15H,6-7,10H2,1-4H3. The summed E-state index contributed by atoms with van der Waals surface area (Å²) in [5, 5.41) is 2.85. The molecule has 1 heterocycles. The van der Waals surface area contributed by atoms with E-state index >= 15 is 0 Å². The molecule has 0 spiro atoms. The molecule has 1 aromatic heterocycles. The Morgan fingerprint density at radius 1 is 1.28 bits per heavy atom. The van der Waals surface area contributed by atoms with Gasteiger partial charge in [0.25, 0.3) is 0 Å². The third-order valence-corrected chi connectivity index (χ3v) is 5.24. The summed E-state index contributed by atoms with van der Waals surface area (Å²) in [6.45, 7) is 4.15. The van der Waals surface area contributed by atoms with E-state index in [1.165, 1.54) is 0 Å². The number of benzene rings is 1. The Labute approximate surface area is 152 Å². The molecule has 2 aromatic rings. The first-order valence-corrected chi connectivity index (χ1v) is 9.39. The first-order chi connectivity index (χ1) is 12.0. The van der Waals surface area contributed by atoms with Crippen molar-refractivity contribution in [1.29, 1.82) is 0 Å². The van der Waals surface area contributed by atoms with Gasteiger partial charge in [0, 0.05) is 23.0 Å². The molecular weight excluding hydrogens is 336 g/mol. The van der Waals surface area contributed by atoms with Crippen molar-refractivity contribution >= 4 is 17.2 Å². The van der Waals surface area contributed by atoms with Crippen LogP contribution in [-0.4, -0.2) is 42.1 Å². The van der Waals surface area contributed by atoms with Crippen LogP contribution in [-0.2, 0) is 11.2 Å². The molecule has 3 rings (SSSR count). The monoisotopic (exact) mass is 360 g/mol. The van der Waals surface area contributed by atoms with Crippen LogP contribution in [0.4, 0.5) is 0 Å². The summed E-state index contributed by atoms with van der Waals surface area (Å²) in [5.41, 5.74) is 1.79. The van der Waals surface area contributed by atoms with Crippen LogP contribution >= 0.6 is 11.3 Å². The van der Waals surface area contributed by atoms with E-state index < -0.39 is 0 Å². The summed E-state index contributed by atoms with van der Waals surface area (Å²) in [4.78, 5) is 19.3. The Bertz CT molecular complexity index is 751. The summed E-state index contributed by atoms with van der Waals surface area (Å²) in [6, 6.07) is 6.40. The van der Waals surface area contributed by atoms with Crippen LogP contribution in [0.1, 0.15) is 32.4 Å². The van der Waals surface area contributed by atoms with E-state index in [1.54, 1.807) is 25.6 Å². The van der Waals surface area contributed by atoms with Crippen molar-refractivity contribution in [3.63, 3.8) is 0 Å². The molecule has 1 saturated carbocycles. The number of rotatable bonds is 7. The topological polar surface area (TPSA) is 51.7 Å². The van der Waals surface area contributed by atoms with Crippen molar-refractivity contribution in [1.82, 2.24) is 9.88 Å². The number of methoxy groups -OCH3 is 2. The third kappa shape index (κ3) is 3.95. The predicted molar refractivity (Wildman–Crippen MR) is 99.4 cm³/mol. The lowest BCUT2D eigenvalue weighted by atomic mass is 10.2. The van der Waals surface area contributed by atoms with E-state index in [0.29, 0.717) is 24.0 Å². The molecule has 0 saturated heterocycles. The van der Waals surface area contributed by atoms with E-state index in [2.05, 4.69) is 18.8 Å². The second kappa shape index (κ2) is 7.44. The lowest BCUT2D eigenvalue weighted by molar-refractivity contribution is -0.132. The minimum absolute atomic E-state index is 0.168. The maximum atomic E-state index is 12.6. The molecule has 1 aromatic carbocycles. The molecule has 6 heteroatoms.